The lowest BCUT2D eigenvalue weighted by atomic mass is 10.1. The number of nitrogens with zero attached hydrogens (tertiary/aromatic N) is 2. The highest BCUT2D eigenvalue weighted by molar-refractivity contribution is 7.20. The van der Waals surface area contributed by atoms with Gasteiger partial charge in [-0.15, -0.1) is 11.3 Å². The SMILES string of the molecule is CNC(c1cncnc1)c1cc(Cl)sc1Cl. The van der Waals surface area contributed by atoms with Gasteiger partial charge in [0.2, 0.25) is 0 Å². The second kappa shape index (κ2) is 5.10. The van der Waals surface area contributed by atoms with Crippen LogP contribution in [0, 0.1) is 0 Å². The highest BCUT2D eigenvalue weighted by Gasteiger charge is 2.18. The van der Waals surface area contributed by atoms with Crippen LogP contribution in [0.2, 0.25) is 8.67 Å². The quantitative estimate of drug-likeness (QED) is 0.934. The van der Waals surface area contributed by atoms with Gasteiger partial charge in [-0.2, -0.15) is 0 Å². The van der Waals surface area contributed by atoms with Crippen molar-refractivity contribution in [3.05, 3.63) is 44.6 Å². The van der Waals surface area contributed by atoms with Gasteiger partial charge in [0.15, 0.2) is 0 Å². The molecule has 2 aromatic rings. The fourth-order valence-electron chi connectivity index (χ4n) is 1.51. The predicted molar refractivity (Wildman–Crippen MR) is 67.3 cm³/mol. The summed E-state index contributed by atoms with van der Waals surface area (Å²) in [6.07, 6.45) is 5.02. The summed E-state index contributed by atoms with van der Waals surface area (Å²) in [6, 6.07) is 1.83. The van der Waals surface area contributed by atoms with Crippen molar-refractivity contribution in [2.45, 2.75) is 6.04 Å². The molecule has 0 saturated carbocycles. The highest BCUT2D eigenvalue weighted by Crippen LogP contribution is 2.36. The molecule has 0 saturated heterocycles. The Labute approximate surface area is 107 Å². The van der Waals surface area contributed by atoms with Gasteiger partial charge in [-0.05, 0) is 13.1 Å². The van der Waals surface area contributed by atoms with Crippen molar-refractivity contribution in [3.63, 3.8) is 0 Å². The number of thiophene rings is 1. The Balaban J connectivity index is 2.40. The summed E-state index contributed by atoms with van der Waals surface area (Å²) < 4.78 is 1.37. The van der Waals surface area contributed by atoms with E-state index in [4.69, 9.17) is 23.2 Å². The third-order valence-electron chi connectivity index (χ3n) is 2.20. The Bertz CT molecular complexity index is 472. The van der Waals surface area contributed by atoms with E-state index >= 15 is 0 Å². The first-order valence-corrected chi connectivity index (χ1v) is 6.16. The van der Waals surface area contributed by atoms with E-state index in [9.17, 15) is 0 Å². The minimum Gasteiger partial charge on any atom is -0.309 e. The van der Waals surface area contributed by atoms with Crippen molar-refractivity contribution in [3.8, 4) is 0 Å². The van der Waals surface area contributed by atoms with E-state index in [-0.39, 0.29) is 6.04 Å². The van der Waals surface area contributed by atoms with Crippen LogP contribution >= 0.6 is 34.5 Å². The van der Waals surface area contributed by atoms with Crippen LogP contribution in [0.4, 0.5) is 0 Å². The third kappa shape index (κ3) is 2.35. The normalized spacial score (nSPS) is 12.7. The molecule has 0 amide bonds. The molecule has 1 atom stereocenters. The molecule has 0 aliphatic rings. The van der Waals surface area contributed by atoms with E-state index in [2.05, 4.69) is 15.3 Å². The smallest absolute Gasteiger partial charge is 0.115 e. The number of rotatable bonds is 3. The highest BCUT2D eigenvalue weighted by atomic mass is 35.5. The Morgan fingerprint density at radius 3 is 2.50 bits per heavy atom. The summed E-state index contributed by atoms with van der Waals surface area (Å²) in [5, 5.41) is 3.17. The van der Waals surface area contributed by atoms with Crippen LogP contribution in [-0.2, 0) is 0 Å². The fourth-order valence-corrected chi connectivity index (χ4v) is 3.04. The van der Waals surface area contributed by atoms with Crippen LogP contribution in [0.3, 0.4) is 0 Å². The van der Waals surface area contributed by atoms with Crippen molar-refractivity contribution < 1.29 is 0 Å². The first-order valence-electron chi connectivity index (χ1n) is 4.59. The number of nitrogens with one attached hydrogen (secondary N) is 1. The average molecular weight is 274 g/mol. The standard InChI is InChI=1S/C10H9Cl2N3S/c1-13-9(6-3-14-5-15-4-6)7-2-8(11)16-10(7)12/h2-5,9,13H,1H3. The molecular weight excluding hydrogens is 265 g/mol. The zero-order chi connectivity index (χ0) is 11.5. The second-order valence-corrected chi connectivity index (χ2v) is 5.46. The van der Waals surface area contributed by atoms with Crippen molar-refractivity contribution in [1.82, 2.24) is 15.3 Å². The summed E-state index contributed by atoms with van der Waals surface area (Å²) in [6.45, 7) is 0. The largest absolute Gasteiger partial charge is 0.309 e. The molecule has 0 radical (unpaired) electrons. The fraction of sp³-hybridized carbons (Fsp3) is 0.200. The van der Waals surface area contributed by atoms with Crippen LogP contribution < -0.4 is 5.32 Å². The molecular formula is C10H9Cl2N3S. The van der Waals surface area contributed by atoms with Crippen molar-refractivity contribution in [2.24, 2.45) is 0 Å². The molecule has 2 aromatic heterocycles. The zero-order valence-electron chi connectivity index (χ0n) is 8.45. The summed E-state index contributed by atoms with van der Waals surface area (Å²) in [5.41, 5.74) is 1.91. The maximum atomic E-state index is 6.12. The third-order valence-corrected chi connectivity index (χ3v) is 3.71. The topological polar surface area (TPSA) is 37.8 Å². The molecule has 2 heterocycles. The van der Waals surface area contributed by atoms with Crippen LogP contribution in [0.1, 0.15) is 17.2 Å². The number of halogens is 2. The molecule has 0 aliphatic carbocycles. The van der Waals surface area contributed by atoms with Crippen LogP contribution in [0.25, 0.3) is 0 Å². The van der Waals surface area contributed by atoms with E-state index < -0.39 is 0 Å². The van der Waals surface area contributed by atoms with Crippen molar-refractivity contribution >= 4 is 34.5 Å². The lowest BCUT2D eigenvalue weighted by molar-refractivity contribution is 0.687. The maximum Gasteiger partial charge on any atom is 0.115 e. The molecule has 0 aliphatic heterocycles. The molecule has 1 unspecified atom stereocenters. The molecule has 0 bridgehead atoms. The average Bonchev–Trinajstić information content (AvgIpc) is 2.61. The summed E-state index contributed by atoms with van der Waals surface area (Å²) >= 11 is 13.4. The van der Waals surface area contributed by atoms with Gasteiger partial charge in [-0.25, -0.2) is 9.97 Å². The van der Waals surface area contributed by atoms with Crippen LogP contribution in [-0.4, -0.2) is 17.0 Å². The van der Waals surface area contributed by atoms with Gasteiger partial charge in [0.1, 0.15) is 6.33 Å². The van der Waals surface area contributed by atoms with E-state index in [0.29, 0.717) is 8.67 Å². The molecule has 0 fully saturated rings. The first-order chi connectivity index (χ1) is 7.72. The molecule has 2 rings (SSSR count). The lowest BCUT2D eigenvalue weighted by Crippen LogP contribution is -2.17. The molecule has 0 aromatic carbocycles. The number of hydrogen-bond acceptors (Lipinski definition) is 4. The molecule has 16 heavy (non-hydrogen) atoms. The zero-order valence-corrected chi connectivity index (χ0v) is 10.8. The van der Waals surface area contributed by atoms with Gasteiger partial charge >= 0.3 is 0 Å². The molecule has 1 N–H and O–H groups in total. The van der Waals surface area contributed by atoms with Gasteiger partial charge in [0, 0.05) is 23.5 Å². The predicted octanol–water partition coefficient (Wildman–Crippen LogP) is 3.15. The Hall–Kier alpha value is -0.680. The summed E-state index contributed by atoms with van der Waals surface area (Å²) in [7, 11) is 1.86. The van der Waals surface area contributed by atoms with E-state index in [1.54, 1.807) is 12.4 Å². The molecule has 0 spiro atoms. The van der Waals surface area contributed by atoms with Gasteiger partial charge < -0.3 is 5.32 Å². The van der Waals surface area contributed by atoms with Gasteiger partial charge in [-0.3, -0.25) is 0 Å². The first kappa shape index (κ1) is 11.8. The maximum absolute atomic E-state index is 6.12. The minimum absolute atomic E-state index is 0.0301. The van der Waals surface area contributed by atoms with Crippen LogP contribution in [0.5, 0.6) is 0 Å². The Morgan fingerprint density at radius 2 is 2.00 bits per heavy atom. The van der Waals surface area contributed by atoms with Crippen molar-refractivity contribution in [1.29, 1.82) is 0 Å². The Kier molecular flexibility index (Phi) is 3.76. The van der Waals surface area contributed by atoms with Gasteiger partial charge in [0.05, 0.1) is 14.7 Å². The van der Waals surface area contributed by atoms with Crippen LogP contribution in [0.15, 0.2) is 24.8 Å². The van der Waals surface area contributed by atoms with E-state index in [1.165, 1.54) is 17.7 Å². The second-order valence-electron chi connectivity index (χ2n) is 3.17. The monoisotopic (exact) mass is 273 g/mol. The van der Waals surface area contributed by atoms with Crippen molar-refractivity contribution in [2.75, 3.05) is 7.05 Å². The summed E-state index contributed by atoms with van der Waals surface area (Å²) in [4.78, 5) is 7.98. The molecule has 6 heteroatoms. The van der Waals surface area contributed by atoms with E-state index in [0.717, 1.165) is 11.1 Å². The van der Waals surface area contributed by atoms with Gasteiger partial charge in [-0.1, -0.05) is 23.2 Å². The summed E-state index contributed by atoms with van der Waals surface area (Å²) in [5.74, 6) is 0. The van der Waals surface area contributed by atoms with E-state index in [1.807, 2.05) is 13.1 Å². The number of hydrogen-bond donors (Lipinski definition) is 1. The number of aromatic nitrogens is 2. The minimum atomic E-state index is -0.0301. The molecule has 3 nitrogen and oxygen atoms in total. The Morgan fingerprint density at radius 1 is 1.31 bits per heavy atom. The molecule has 84 valence electrons. The van der Waals surface area contributed by atoms with Gasteiger partial charge in [0.25, 0.3) is 0 Å². The lowest BCUT2D eigenvalue weighted by Gasteiger charge is -2.14.